The van der Waals surface area contributed by atoms with E-state index >= 15 is 0 Å². The first-order chi connectivity index (χ1) is 10.0. The minimum atomic E-state index is -0.308. The van der Waals surface area contributed by atoms with Gasteiger partial charge in [0.2, 0.25) is 0 Å². The highest BCUT2D eigenvalue weighted by Gasteiger charge is 2.13. The van der Waals surface area contributed by atoms with Gasteiger partial charge in [-0.15, -0.1) is 0 Å². The molecule has 0 saturated carbocycles. The zero-order valence-electron chi connectivity index (χ0n) is 14.2. The molecular formula is C17H32O4. The monoisotopic (exact) mass is 300 g/mol. The summed E-state index contributed by atoms with van der Waals surface area (Å²) in [7, 11) is 0. The Morgan fingerprint density at radius 2 is 1.57 bits per heavy atom. The molecule has 1 atom stereocenters. The van der Waals surface area contributed by atoms with Crippen molar-refractivity contribution < 1.29 is 19.1 Å². The number of ether oxygens (including phenoxy) is 2. The Labute approximate surface area is 129 Å². The summed E-state index contributed by atoms with van der Waals surface area (Å²) >= 11 is 0. The van der Waals surface area contributed by atoms with Gasteiger partial charge < -0.3 is 9.47 Å². The van der Waals surface area contributed by atoms with Crippen molar-refractivity contribution in [1.82, 2.24) is 0 Å². The first kappa shape index (κ1) is 19.9. The van der Waals surface area contributed by atoms with Crippen molar-refractivity contribution >= 4 is 11.9 Å². The summed E-state index contributed by atoms with van der Waals surface area (Å²) in [6, 6.07) is 0. The predicted molar refractivity (Wildman–Crippen MR) is 84.0 cm³/mol. The second-order valence-electron chi connectivity index (χ2n) is 5.66. The van der Waals surface area contributed by atoms with E-state index in [2.05, 4.69) is 20.8 Å². The van der Waals surface area contributed by atoms with Gasteiger partial charge in [0.15, 0.2) is 0 Å². The second kappa shape index (κ2) is 12.7. The van der Waals surface area contributed by atoms with E-state index in [4.69, 9.17) is 9.47 Å². The highest BCUT2D eigenvalue weighted by Crippen LogP contribution is 2.10. The van der Waals surface area contributed by atoms with Gasteiger partial charge in [0.25, 0.3) is 0 Å². The molecule has 4 heteroatoms. The Morgan fingerprint density at radius 3 is 2.14 bits per heavy atom. The number of hydrogen-bond acceptors (Lipinski definition) is 4. The maximum absolute atomic E-state index is 11.6. The Morgan fingerprint density at radius 1 is 0.952 bits per heavy atom. The van der Waals surface area contributed by atoms with Gasteiger partial charge in [-0.25, -0.2) is 0 Å². The SMILES string of the molecule is CCCCCC(C)OC(=O)CCC(=O)OCC(CC)CC. The van der Waals surface area contributed by atoms with Gasteiger partial charge in [-0.3, -0.25) is 9.59 Å². The van der Waals surface area contributed by atoms with Crippen molar-refractivity contribution in [2.24, 2.45) is 5.92 Å². The van der Waals surface area contributed by atoms with Crippen LogP contribution in [0, 0.1) is 5.92 Å². The van der Waals surface area contributed by atoms with Gasteiger partial charge in [-0.2, -0.15) is 0 Å². The number of carbonyl (C=O) groups excluding carboxylic acids is 2. The smallest absolute Gasteiger partial charge is 0.306 e. The van der Waals surface area contributed by atoms with Crippen LogP contribution in [0.3, 0.4) is 0 Å². The van der Waals surface area contributed by atoms with E-state index in [-0.39, 0.29) is 30.9 Å². The van der Waals surface area contributed by atoms with Gasteiger partial charge in [0, 0.05) is 0 Å². The van der Waals surface area contributed by atoms with E-state index in [0.29, 0.717) is 12.5 Å². The molecule has 0 radical (unpaired) electrons. The predicted octanol–water partition coefficient (Wildman–Crippen LogP) is 4.26. The molecule has 21 heavy (non-hydrogen) atoms. The van der Waals surface area contributed by atoms with Crippen molar-refractivity contribution in [3.05, 3.63) is 0 Å². The third-order valence-electron chi connectivity index (χ3n) is 3.71. The summed E-state index contributed by atoms with van der Waals surface area (Å²) in [4.78, 5) is 23.2. The van der Waals surface area contributed by atoms with E-state index < -0.39 is 0 Å². The van der Waals surface area contributed by atoms with Crippen LogP contribution in [0.1, 0.15) is 79.1 Å². The third-order valence-corrected chi connectivity index (χ3v) is 3.71. The lowest BCUT2D eigenvalue weighted by Crippen LogP contribution is -2.17. The van der Waals surface area contributed by atoms with Gasteiger partial charge in [-0.1, -0.05) is 46.5 Å². The summed E-state index contributed by atoms with van der Waals surface area (Å²) in [6.07, 6.45) is 6.43. The van der Waals surface area contributed by atoms with Crippen molar-refractivity contribution in [2.75, 3.05) is 6.61 Å². The number of carbonyl (C=O) groups is 2. The molecule has 0 saturated heterocycles. The minimum Gasteiger partial charge on any atom is -0.465 e. The van der Waals surface area contributed by atoms with E-state index in [9.17, 15) is 9.59 Å². The molecule has 124 valence electrons. The Balaban J connectivity index is 3.74. The van der Waals surface area contributed by atoms with Crippen molar-refractivity contribution in [3.8, 4) is 0 Å². The topological polar surface area (TPSA) is 52.6 Å². The quantitative estimate of drug-likeness (QED) is 0.399. The van der Waals surface area contributed by atoms with E-state index in [1.54, 1.807) is 0 Å². The van der Waals surface area contributed by atoms with E-state index in [0.717, 1.165) is 38.5 Å². The summed E-state index contributed by atoms with van der Waals surface area (Å²) in [6.45, 7) is 8.66. The normalized spacial score (nSPS) is 12.2. The minimum absolute atomic E-state index is 0.0652. The molecule has 0 aliphatic rings. The van der Waals surface area contributed by atoms with Crippen molar-refractivity contribution in [1.29, 1.82) is 0 Å². The summed E-state index contributed by atoms with van der Waals surface area (Å²) in [5, 5.41) is 0. The van der Waals surface area contributed by atoms with Crippen LogP contribution in [-0.4, -0.2) is 24.6 Å². The van der Waals surface area contributed by atoms with Crippen LogP contribution in [0.4, 0.5) is 0 Å². The van der Waals surface area contributed by atoms with E-state index in [1.807, 2.05) is 6.92 Å². The third kappa shape index (κ3) is 11.3. The molecule has 0 rings (SSSR count). The summed E-state index contributed by atoms with van der Waals surface area (Å²) < 4.78 is 10.4. The van der Waals surface area contributed by atoms with Crippen molar-refractivity contribution in [3.63, 3.8) is 0 Å². The van der Waals surface area contributed by atoms with Crippen LogP contribution in [0.2, 0.25) is 0 Å². The van der Waals surface area contributed by atoms with Crippen LogP contribution in [0.25, 0.3) is 0 Å². The average molecular weight is 300 g/mol. The zero-order valence-corrected chi connectivity index (χ0v) is 14.2. The lowest BCUT2D eigenvalue weighted by molar-refractivity contribution is -0.153. The molecule has 1 unspecified atom stereocenters. The number of rotatable bonds is 12. The summed E-state index contributed by atoms with van der Waals surface area (Å²) in [5.41, 5.74) is 0. The van der Waals surface area contributed by atoms with Gasteiger partial charge in [0.1, 0.15) is 0 Å². The van der Waals surface area contributed by atoms with Crippen LogP contribution < -0.4 is 0 Å². The standard InChI is InChI=1S/C17H32O4/c1-5-8-9-10-14(4)21-17(19)12-11-16(18)20-13-15(6-2)7-3/h14-15H,5-13H2,1-4H3. The lowest BCUT2D eigenvalue weighted by atomic mass is 10.1. The molecule has 0 aromatic rings. The molecule has 0 N–H and O–H groups in total. The Kier molecular flexibility index (Phi) is 12.0. The fraction of sp³-hybridized carbons (Fsp3) is 0.882. The molecule has 0 heterocycles. The Bertz CT molecular complexity index is 285. The number of esters is 2. The maximum atomic E-state index is 11.6. The molecule has 0 fully saturated rings. The van der Waals surface area contributed by atoms with E-state index in [1.165, 1.54) is 0 Å². The average Bonchev–Trinajstić information content (AvgIpc) is 2.46. The van der Waals surface area contributed by atoms with Gasteiger partial charge in [-0.05, 0) is 25.7 Å². The first-order valence-electron chi connectivity index (χ1n) is 8.38. The summed E-state index contributed by atoms with van der Waals surface area (Å²) in [5.74, 6) is -0.199. The molecule has 0 aliphatic carbocycles. The largest absolute Gasteiger partial charge is 0.465 e. The maximum Gasteiger partial charge on any atom is 0.306 e. The zero-order chi connectivity index (χ0) is 16.1. The van der Waals surface area contributed by atoms with Gasteiger partial charge >= 0.3 is 11.9 Å². The molecule has 0 spiro atoms. The van der Waals surface area contributed by atoms with Crippen LogP contribution >= 0.6 is 0 Å². The fourth-order valence-corrected chi connectivity index (χ4v) is 2.04. The fourth-order valence-electron chi connectivity index (χ4n) is 2.04. The number of hydrogen-bond donors (Lipinski definition) is 0. The van der Waals surface area contributed by atoms with Crippen LogP contribution in [-0.2, 0) is 19.1 Å². The van der Waals surface area contributed by atoms with Gasteiger partial charge in [0.05, 0.1) is 25.6 Å². The molecular weight excluding hydrogens is 268 g/mol. The molecule has 0 aromatic carbocycles. The van der Waals surface area contributed by atoms with Crippen LogP contribution in [0.15, 0.2) is 0 Å². The molecule has 0 aliphatic heterocycles. The first-order valence-corrected chi connectivity index (χ1v) is 8.38. The second-order valence-corrected chi connectivity index (χ2v) is 5.66. The Hall–Kier alpha value is -1.06. The molecule has 4 nitrogen and oxygen atoms in total. The molecule has 0 aromatic heterocycles. The molecule has 0 amide bonds. The van der Waals surface area contributed by atoms with Crippen LogP contribution in [0.5, 0.6) is 0 Å². The molecule has 0 bridgehead atoms. The van der Waals surface area contributed by atoms with Crippen molar-refractivity contribution in [2.45, 2.75) is 85.2 Å². The highest BCUT2D eigenvalue weighted by molar-refractivity contribution is 5.77. The lowest BCUT2D eigenvalue weighted by Gasteiger charge is -2.14. The number of unbranched alkanes of at least 4 members (excludes halogenated alkanes) is 2. The highest BCUT2D eigenvalue weighted by atomic mass is 16.5.